The van der Waals surface area contributed by atoms with Gasteiger partial charge in [-0.2, -0.15) is 0 Å². The van der Waals surface area contributed by atoms with Gasteiger partial charge in [-0.05, 0) is 38.1 Å². The fourth-order valence-electron chi connectivity index (χ4n) is 2.70. The van der Waals surface area contributed by atoms with E-state index < -0.39 is 0 Å². The van der Waals surface area contributed by atoms with E-state index in [1.165, 1.54) is 12.1 Å². The second-order valence-electron chi connectivity index (χ2n) is 5.79. The van der Waals surface area contributed by atoms with Crippen LogP contribution in [0.5, 0.6) is 0 Å². The number of nitrogens with two attached hydrogens (primary N) is 1. The maximum absolute atomic E-state index is 13.0. The van der Waals surface area contributed by atoms with Gasteiger partial charge in [0, 0.05) is 38.3 Å². The van der Waals surface area contributed by atoms with Gasteiger partial charge in [0.05, 0.1) is 0 Å². The first-order valence-corrected chi connectivity index (χ1v) is 6.91. The van der Waals surface area contributed by atoms with Gasteiger partial charge in [-0.25, -0.2) is 4.39 Å². The SMILES string of the molecule is CN1CCN(C(C)(CN)Cc2ccc(F)cc2)CC1. The second kappa shape index (κ2) is 5.99. The highest BCUT2D eigenvalue weighted by Gasteiger charge is 2.32. The molecule has 106 valence electrons. The normalized spacial score (nSPS) is 21.3. The van der Waals surface area contributed by atoms with E-state index in [2.05, 4.69) is 23.8 Å². The largest absolute Gasteiger partial charge is 0.329 e. The van der Waals surface area contributed by atoms with Crippen LogP contribution in [-0.4, -0.2) is 55.1 Å². The molecular formula is C15H24FN3. The molecule has 1 saturated heterocycles. The molecule has 0 radical (unpaired) electrons. The first-order valence-electron chi connectivity index (χ1n) is 6.91. The molecule has 19 heavy (non-hydrogen) atoms. The van der Waals surface area contributed by atoms with Crippen molar-refractivity contribution in [2.24, 2.45) is 5.73 Å². The van der Waals surface area contributed by atoms with Gasteiger partial charge in [0.25, 0.3) is 0 Å². The third kappa shape index (κ3) is 3.53. The lowest BCUT2D eigenvalue weighted by molar-refractivity contribution is 0.0559. The van der Waals surface area contributed by atoms with Crippen molar-refractivity contribution in [1.82, 2.24) is 9.80 Å². The second-order valence-corrected chi connectivity index (χ2v) is 5.79. The highest BCUT2D eigenvalue weighted by atomic mass is 19.1. The van der Waals surface area contributed by atoms with Crippen molar-refractivity contribution in [3.8, 4) is 0 Å². The molecule has 1 heterocycles. The van der Waals surface area contributed by atoms with Crippen LogP contribution in [0.15, 0.2) is 24.3 Å². The van der Waals surface area contributed by atoms with Crippen LogP contribution in [0.25, 0.3) is 0 Å². The molecule has 0 amide bonds. The number of nitrogens with zero attached hydrogens (tertiary/aromatic N) is 2. The van der Waals surface area contributed by atoms with E-state index in [9.17, 15) is 4.39 Å². The Morgan fingerprint density at radius 3 is 2.26 bits per heavy atom. The van der Waals surface area contributed by atoms with Crippen LogP contribution in [0.4, 0.5) is 4.39 Å². The number of rotatable bonds is 4. The van der Waals surface area contributed by atoms with Crippen LogP contribution in [0.1, 0.15) is 12.5 Å². The Morgan fingerprint density at radius 2 is 1.74 bits per heavy atom. The van der Waals surface area contributed by atoms with Gasteiger partial charge in [-0.15, -0.1) is 0 Å². The van der Waals surface area contributed by atoms with Gasteiger partial charge >= 0.3 is 0 Å². The van der Waals surface area contributed by atoms with Crippen molar-refractivity contribution in [3.05, 3.63) is 35.6 Å². The smallest absolute Gasteiger partial charge is 0.123 e. The lowest BCUT2D eigenvalue weighted by Crippen LogP contribution is -2.59. The number of halogens is 1. The van der Waals surface area contributed by atoms with Gasteiger partial charge in [-0.3, -0.25) is 4.90 Å². The van der Waals surface area contributed by atoms with Crippen LogP contribution in [0, 0.1) is 5.82 Å². The first-order chi connectivity index (χ1) is 9.03. The molecule has 1 unspecified atom stereocenters. The molecular weight excluding hydrogens is 241 g/mol. The molecule has 1 aliphatic heterocycles. The van der Waals surface area contributed by atoms with Crippen LogP contribution in [0.3, 0.4) is 0 Å². The van der Waals surface area contributed by atoms with Crippen molar-refractivity contribution in [3.63, 3.8) is 0 Å². The van der Waals surface area contributed by atoms with E-state index in [1.54, 1.807) is 0 Å². The average molecular weight is 265 g/mol. The fraction of sp³-hybridized carbons (Fsp3) is 0.600. The van der Waals surface area contributed by atoms with Crippen molar-refractivity contribution >= 4 is 0 Å². The number of benzene rings is 1. The summed E-state index contributed by atoms with van der Waals surface area (Å²) in [6.45, 7) is 7.09. The van der Waals surface area contributed by atoms with Crippen molar-refractivity contribution in [2.45, 2.75) is 18.9 Å². The summed E-state index contributed by atoms with van der Waals surface area (Å²) in [4.78, 5) is 4.81. The molecule has 4 heteroatoms. The summed E-state index contributed by atoms with van der Waals surface area (Å²) in [6, 6.07) is 6.77. The van der Waals surface area contributed by atoms with Crippen LogP contribution in [-0.2, 0) is 6.42 Å². The minimum Gasteiger partial charge on any atom is -0.329 e. The highest BCUT2D eigenvalue weighted by molar-refractivity contribution is 5.19. The minimum atomic E-state index is -0.183. The zero-order valence-electron chi connectivity index (χ0n) is 11.9. The third-order valence-corrected chi connectivity index (χ3v) is 4.20. The molecule has 1 aromatic rings. The van der Waals surface area contributed by atoms with E-state index in [0.717, 1.165) is 38.2 Å². The highest BCUT2D eigenvalue weighted by Crippen LogP contribution is 2.21. The van der Waals surface area contributed by atoms with Crippen LogP contribution >= 0.6 is 0 Å². The predicted molar refractivity (Wildman–Crippen MR) is 76.6 cm³/mol. The predicted octanol–water partition coefficient (Wildman–Crippen LogP) is 1.33. The minimum absolute atomic E-state index is 0.0426. The number of hydrogen-bond acceptors (Lipinski definition) is 3. The number of piperazine rings is 1. The third-order valence-electron chi connectivity index (χ3n) is 4.20. The lowest BCUT2D eigenvalue weighted by atomic mass is 9.90. The monoisotopic (exact) mass is 265 g/mol. The summed E-state index contributed by atoms with van der Waals surface area (Å²) >= 11 is 0. The Labute approximate surface area is 115 Å². The maximum atomic E-state index is 13.0. The summed E-state index contributed by atoms with van der Waals surface area (Å²) in [5.41, 5.74) is 7.12. The Bertz CT molecular complexity index is 398. The number of likely N-dealkylation sites (N-methyl/N-ethyl adjacent to an activating group) is 1. The lowest BCUT2D eigenvalue weighted by Gasteiger charge is -2.45. The molecule has 0 aromatic heterocycles. The Morgan fingerprint density at radius 1 is 1.16 bits per heavy atom. The van der Waals surface area contributed by atoms with Crippen molar-refractivity contribution < 1.29 is 4.39 Å². The molecule has 2 N–H and O–H groups in total. The van der Waals surface area contributed by atoms with Crippen molar-refractivity contribution in [1.29, 1.82) is 0 Å². The fourth-order valence-corrected chi connectivity index (χ4v) is 2.70. The maximum Gasteiger partial charge on any atom is 0.123 e. The quantitative estimate of drug-likeness (QED) is 0.891. The van der Waals surface area contributed by atoms with E-state index in [0.29, 0.717) is 6.54 Å². The summed E-state index contributed by atoms with van der Waals surface area (Å²) in [7, 11) is 2.15. The van der Waals surface area contributed by atoms with E-state index in [1.807, 2.05) is 12.1 Å². The van der Waals surface area contributed by atoms with Gasteiger partial charge in [0.15, 0.2) is 0 Å². The van der Waals surface area contributed by atoms with Gasteiger partial charge in [-0.1, -0.05) is 12.1 Å². The molecule has 0 bridgehead atoms. The summed E-state index contributed by atoms with van der Waals surface area (Å²) in [5.74, 6) is -0.183. The van der Waals surface area contributed by atoms with E-state index in [-0.39, 0.29) is 11.4 Å². The molecule has 1 aromatic carbocycles. The number of hydrogen-bond donors (Lipinski definition) is 1. The molecule has 0 saturated carbocycles. The Kier molecular flexibility index (Phi) is 4.55. The summed E-state index contributed by atoms with van der Waals surface area (Å²) in [5, 5.41) is 0. The molecule has 0 aliphatic carbocycles. The summed E-state index contributed by atoms with van der Waals surface area (Å²) in [6.07, 6.45) is 0.869. The molecule has 1 atom stereocenters. The van der Waals surface area contributed by atoms with Crippen LogP contribution < -0.4 is 5.73 Å². The van der Waals surface area contributed by atoms with Crippen molar-refractivity contribution in [2.75, 3.05) is 39.8 Å². The molecule has 0 spiro atoms. The summed E-state index contributed by atoms with van der Waals surface area (Å²) < 4.78 is 13.0. The van der Waals surface area contributed by atoms with Gasteiger partial charge in [0.2, 0.25) is 0 Å². The van der Waals surface area contributed by atoms with Crippen LogP contribution in [0.2, 0.25) is 0 Å². The Hall–Kier alpha value is -0.970. The zero-order valence-corrected chi connectivity index (χ0v) is 11.9. The van der Waals surface area contributed by atoms with E-state index in [4.69, 9.17) is 5.73 Å². The van der Waals surface area contributed by atoms with Gasteiger partial charge in [0.1, 0.15) is 5.82 Å². The molecule has 1 aliphatic rings. The van der Waals surface area contributed by atoms with Gasteiger partial charge < -0.3 is 10.6 Å². The average Bonchev–Trinajstić information content (AvgIpc) is 2.42. The topological polar surface area (TPSA) is 32.5 Å². The Balaban J connectivity index is 2.06. The standard InChI is InChI=1S/C15H24FN3/c1-15(12-17,19-9-7-18(2)8-10-19)11-13-3-5-14(16)6-4-13/h3-6H,7-12,17H2,1-2H3. The first kappa shape index (κ1) is 14.4. The van der Waals surface area contributed by atoms with E-state index >= 15 is 0 Å². The molecule has 3 nitrogen and oxygen atoms in total. The molecule has 2 rings (SSSR count). The molecule has 1 fully saturated rings. The zero-order chi connectivity index (χ0) is 13.9.